The Kier molecular flexibility index (Phi) is 3.96. The predicted molar refractivity (Wildman–Crippen MR) is 92.8 cm³/mol. The summed E-state index contributed by atoms with van der Waals surface area (Å²) in [5.74, 6) is -0.128. The second kappa shape index (κ2) is 5.83. The number of allylic oxidation sites excluding steroid dienone is 1. The van der Waals surface area contributed by atoms with E-state index in [1.807, 2.05) is 36.4 Å². The monoisotopic (exact) mass is 320 g/mol. The van der Waals surface area contributed by atoms with Crippen LogP contribution in [0.1, 0.15) is 44.2 Å². The number of carbonyl (C=O) groups excluding carboxylic acids is 2. The fraction of sp³-hybridized carbons (Fsp3) is 0.400. The van der Waals surface area contributed by atoms with E-state index in [1.54, 1.807) is 12.2 Å². The highest BCUT2D eigenvalue weighted by Gasteiger charge is 2.52. The van der Waals surface area contributed by atoms with Crippen LogP contribution in [0.2, 0.25) is 0 Å². The first-order valence-corrected chi connectivity index (χ1v) is 8.12. The summed E-state index contributed by atoms with van der Waals surface area (Å²) in [7, 11) is 0. The molecule has 2 aliphatic carbocycles. The minimum atomic E-state index is -0.919. The predicted octanol–water partition coefficient (Wildman–Crippen LogP) is 4.16. The topological polar surface area (TPSA) is 58.9 Å². The number of hydrogen-bond donors (Lipinski definition) is 0. The van der Waals surface area contributed by atoms with Crippen molar-refractivity contribution < 1.29 is 9.59 Å². The van der Waals surface area contributed by atoms with E-state index in [0.29, 0.717) is 5.70 Å². The minimum Gasteiger partial charge on any atom is -0.211 e. The molecule has 3 unspecified atom stereocenters. The lowest BCUT2D eigenvalue weighted by atomic mass is 9.61. The van der Waals surface area contributed by atoms with Crippen molar-refractivity contribution in [3.05, 3.63) is 53.2 Å². The van der Waals surface area contributed by atoms with E-state index in [2.05, 4.69) is 36.8 Å². The number of fused-ring (bicyclic) bond motifs is 1. The molecule has 0 saturated carbocycles. The first-order valence-electron chi connectivity index (χ1n) is 8.12. The molecule has 0 aromatic heterocycles. The van der Waals surface area contributed by atoms with E-state index in [1.165, 1.54) is 0 Å². The van der Waals surface area contributed by atoms with Gasteiger partial charge in [-0.05, 0) is 28.9 Å². The molecule has 0 bridgehead atoms. The SMILES string of the molecule is CC1CC(C)(C)C=C(N=C=O)C1(N=C=O)C1C=Cc2ccccc21. The summed E-state index contributed by atoms with van der Waals surface area (Å²) in [5, 5.41) is 0. The average Bonchev–Trinajstić information content (AvgIpc) is 2.95. The van der Waals surface area contributed by atoms with Crippen LogP contribution in [0, 0.1) is 11.3 Å². The van der Waals surface area contributed by atoms with Crippen molar-refractivity contribution >= 4 is 18.2 Å². The van der Waals surface area contributed by atoms with E-state index >= 15 is 0 Å². The lowest BCUT2D eigenvalue weighted by molar-refractivity contribution is 0.209. The van der Waals surface area contributed by atoms with Crippen LogP contribution in [0.3, 0.4) is 0 Å². The van der Waals surface area contributed by atoms with Gasteiger partial charge in [0.15, 0.2) is 0 Å². The normalized spacial score (nSPS) is 29.9. The van der Waals surface area contributed by atoms with Crippen molar-refractivity contribution in [2.24, 2.45) is 21.3 Å². The van der Waals surface area contributed by atoms with Crippen LogP contribution >= 0.6 is 0 Å². The average molecular weight is 320 g/mol. The van der Waals surface area contributed by atoms with Gasteiger partial charge in [-0.25, -0.2) is 9.59 Å². The molecule has 1 aromatic carbocycles. The zero-order valence-corrected chi connectivity index (χ0v) is 14.1. The number of aliphatic imine (C=N–C) groups is 2. The fourth-order valence-electron chi connectivity index (χ4n) is 4.32. The Bertz CT molecular complexity index is 824. The van der Waals surface area contributed by atoms with E-state index < -0.39 is 5.54 Å². The van der Waals surface area contributed by atoms with Crippen LogP contribution in [0.25, 0.3) is 6.08 Å². The first-order chi connectivity index (χ1) is 11.4. The van der Waals surface area contributed by atoms with Gasteiger partial charge in [0.05, 0.1) is 5.70 Å². The lowest BCUT2D eigenvalue weighted by Gasteiger charge is -2.45. The van der Waals surface area contributed by atoms with Crippen molar-refractivity contribution in [3.63, 3.8) is 0 Å². The van der Waals surface area contributed by atoms with Crippen LogP contribution in [-0.2, 0) is 9.59 Å². The molecule has 3 atom stereocenters. The number of nitrogens with zero attached hydrogens (tertiary/aromatic N) is 2. The molecule has 4 nitrogen and oxygen atoms in total. The number of isocyanates is 2. The van der Waals surface area contributed by atoms with Crippen molar-refractivity contribution in [2.45, 2.75) is 38.6 Å². The van der Waals surface area contributed by atoms with Gasteiger partial charge in [-0.1, -0.05) is 63.3 Å². The maximum Gasteiger partial charge on any atom is 0.240 e. The summed E-state index contributed by atoms with van der Waals surface area (Å²) in [6.07, 6.45) is 10.3. The first kappa shape index (κ1) is 16.3. The summed E-state index contributed by atoms with van der Waals surface area (Å²) in [6.45, 7) is 6.25. The molecule has 0 radical (unpaired) electrons. The van der Waals surface area contributed by atoms with E-state index in [-0.39, 0.29) is 17.3 Å². The second-order valence-electron chi connectivity index (χ2n) is 7.32. The fourth-order valence-corrected chi connectivity index (χ4v) is 4.32. The molecule has 0 amide bonds. The maximum atomic E-state index is 11.3. The van der Waals surface area contributed by atoms with Gasteiger partial charge in [-0.3, -0.25) is 0 Å². The highest BCUT2D eigenvalue weighted by atomic mass is 16.1. The number of hydrogen-bond acceptors (Lipinski definition) is 4. The molecule has 0 heterocycles. The highest BCUT2D eigenvalue weighted by molar-refractivity contribution is 5.65. The summed E-state index contributed by atoms with van der Waals surface area (Å²) in [4.78, 5) is 30.6. The molecular formula is C20H20N2O2. The van der Waals surface area contributed by atoms with Crippen molar-refractivity contribution in [3.8, 4) is 0 Å². The molecule has 4 heteroatoms. The van der Waals surface area contributed by atoms with Gasteiger partial charge in [0.2, 0.25) is 12.2 Å². The van der Waals surface area contributed by atoms with Gasteiger partial charge in [-0.2, -0.15) is 9.98 Å². The quantitative estimate of drug-likeness (QED) is 0.620. The third-order valence-corrected chi connectivity index (χ3v) is 5.19. The number of rotatable bonds is 3. The molecule has 0 fully saturated rings. The van der Waals surface area contributed by atoms with Crippen molar-refractivity contribution in [2.75, 3.05) is 0 Å². The van der Waals surface area contributed by atoms with E-state index in [0.717, 1.165) is 17.5 Å². The van der Waals surface area contributed by atoms with Crippen LogP contribution < -0.4 is 0 Å². The molecule has 3 rings (SSSR count). The van der Waals surface area contributed by atoms with Gasteiger partial charge < -0.3 is 0 Å². The van der Waals surface area contributed by atoms with Crippen LogP contribution in [0.5, 0.6) is 0 Å². The molecule has 0 saturated heterocycles. The Morgan fingerprint density at radius 3 is 2.62 bits per heavy atom. The summed E-state index contributed by atoms with van der Waals surface area (Å²) in [6, 6.07) is 8.03. The van der Waals surface area contributed by atoms with Gasteiger partial charge in [0, 0.05) is 5.92 Å². The van der Waals surface area contributed by atoms with E-state index in [9.17, 15) is 9.59 Å². The summed E-state index contributed by atoms with van der Waals surface area (Å²) < 4.78 is 0. The summed E-state index contributed by atoms with van der Waals surface area (Å²) in [5.41, 5.74) is 1.66. The lowest BCUT2D eigenvalue weighted by Crippen LogP contribution is -2.46. The number of benzene rings is 1. The largest absolute Gasteiger partial charge is 0.240 e. The highest BCUT2D eigenvalue weighted by Crippen LogP contribution is 2.54. The molecule has 24 heavy (non-hydrogen) atoms. The third-order valence-electron chi connectivity index (χ3n) is 5.19. The van der Waals surface area contributed by atoms with Crippen molar-refractivity contribution in [1.29, 1.82) is 0 Å². The molecule has 2 aliphatic rings. The Balaban J connectivity index is 2.27. The van der Waals surface area contributed by atoms with Crippen LogP contribution in [-0.4, -0.2) is 17.7 Å². The second-order valence-corrected chi connectivity index (χ2v) is 7.32. The standard InChI is InChI=1S/C20H20N2O2/c1-14-10-19(2,3)11-18(21-12-23)20(14,22-13-24)17-9-8-15-6-4-5-7-16(15)17/h4-9,11,14,17H,10H2,1-3H3. The molecule has 0 spiro atoms. The molecule has 0 N–H and O–H groups in total. The van der Waals surface area contributed by atoms with Crippen LogP contribution in [0.15, 0.2) is 52.1 Å². The maximum absolute atomic E-state index is 11.3. The van der Waals surface area contributed by atoms with Gasteiger partial charge in [0.25, 0.3) is 0 Å². The molecular weight excluding hydrogens is 300 g/mol. The van der Waals surface area contributed by atoms with E-state index in [4.69, 9.17) is 0 Å². The molecule has 0 aliphatic heterocycles. The Morgan fingerprint density at radius 1 is 1.17 bits per heavy atom. The molecule has 122 valence electrons. The zero-order chi connectivity index (χ0) is 17.4. The molecule has 1 aromatic rings. The summed E-state index contributed by atoms with van der Waals surface area (Å²) >= 11 is 0. The van der Waals surface area contributed by atoms with Gasteiger partial charge in [-0.15, -0.1) is 0 Å². The third kappa shape index (κ3) is 2.41. The van der Waals surface area contributed by atoms with Gasteiger partial charge >= 0.3 is 0 Å². The van der Waals surface area contributed by atoms with Crippen molar-refractivity contribution in [1.82, 2.24) is 0 Å². The Labute approximate surface area is 141 Å². The minimum absolute atomic E-state index is 0.0202. The smallest absolute Gasteiger partial charge is 0.211 e. The van der Waals surface area contributed by atoms with Gasteiger partial charge in [0.1, 0.15) is 5.54 Å². The van der Waals surface area contributed by atoms with Crippen LogP contribution in [0.4, 0.5) is 0 Å². The Hall–Kier alpha value is -2.54. The zero-order valence-electron chi connectivity index (χ0n) is 14.1. The Morgan fingerprint density at radius 2 is 1.92 bits per heavy atom.